The highest BCUT2D eigenvalue weighted by Gasteiger charge is 2.35. The summed E-state index contributed by atoms with van der Waals surface area (Å²) in [4.78, 5) is 137. The van der Waals surface area contributed by atoms with Crippen LogP contribution in [0.15, 0.2) is 30.3 Å². The molecule has 60 heavy (non-hydrogen) atoms. The van der Waals surface area contributed by atoms with E-state index < -0.39 is 139 Å². The summed E-state index contributed by atoms with van der Waals surface area (Å²) in [6.45, 7) is 6.78. The molecule has 0 aliphatic heterocycles. The molecule has 1 rings (SSSR count). The summed E-state index contributed by atoms with van der Waals surface area (Å²) in [6.07, 6.45) is -4.61. The lowest BCUT2D eigenvalue weighted by Gasteiger charge is -2.28. The van der Waals surface area contributed by atoms with Crippen LogP contribution in [0.25, 0.3) is 0 Å². The van der Waals surface area contributed by atoms with E-state index in [-0.39, 0.29) is 18.8 Å². The van der Waals surface area contributed by atoms with Crippen molar-refractivity contribution in [2.45, 2.75) is 122 Å². The van der Waals surface area contributed by atoms with Gasteiger partial charge in [-0.3, -0.25) is 47.9 Å². The van der Waals surface area contributed by atoms with E-state index in [0.29, 0.717) is 5.56 Å². The predicted octanol–water partition coefficient (Wildman–Crippen LogP) is -3.61. The van der Waals surface area contributed by atoms with Crippen LogP contribution in [0.3, 0.4) is 0 Å². The fraction of sp³-hybridized carbons (Fsp3) is 0.541. The zero-order valence-electron chi connectivity index (χ0n) is 33.7. The van der Waals surface area contributed by atoms with Gasteiger partial charge in [-0.05, 0) is 38.2 Å². The van der Waals surface area contributed by atoms with Crippen molar-refractivity contribution < 1.29 is 73.2 Å². The van der Waals surface area contributed by atoms with E-state index in [1.807, 2.05) is 5.32 Å². The summed E-state index contributed by atoms with van der Waals surface area (Å²) in [5.41, 5.74) is 5.69. The van der Waals surface area contributed by atoms with E-state index in [2.05, 4.69) is 31.9 Å². The van der Waals surface area contributed by atoms with Crippen molar-refractivity contribution in [1.82, 2.24) is 37.2 Å². The number of carbonyl (C=O) groups excluding carboxylic acids is 8. The molecule has 8 atom stereocenters. The van der Waals surface area contributed by atoms with Gasteiger partial charge in [0.25, 0.3) is 0 Å². The number of nitrogens with one attached hydrogen (secondary N) is 7. The molecule has 0 spiro atoms. The van der Waals surface area contributed by atoms with E-state index >= 15 is 0 Å². The van der Waals surface area contributed by atoms with E-state index in [0.717, 1.165) is 6.92 Å². The van der Waals surface area contributed by atoms with Gasteiger partial charge in [0.2, 0.25) is 47.3 Å². The molecule has 0 heterocycles. The van der Waals surface area contributed by atoms with Crippen LogP contribution >= 0.6 is 0 Å². The van der Waals surface area contributed by atoms with Gasteiger partial charge < -0.3 is 63.4 Å². The Morgan fingerprint density at radius 1 is 0.583 bits per heavy atom. The van der Waals surface area contributed by atoms with Crippen LogP contribution in [0.5, 0.6) is 0 Å². The first-order valence-corrected chi connectivity index (χ1v) is 18.7. The molecular weight excluding hydrogens is 796 g/mol. The van der Waals surface area contributed by atoms with E-state index in [4.69, 9.17) is 5.73 Å². The number of carboxylic acids is 3. The van der Waals surface area contributed by atoms with E-state index in [1.54, 1.807) is 44.2 Å². The Kier molecular flexibility index (Phi) is 21.4. The van der Waals surface area contributed by atoms with Gasteiger partial charge >= 0.3 is 17.9 Å². The molecule has 0 fully saturated rings. The summed E-state index contributed by atoms with van der Waals surface area (Å²) in [5.74, 6) is -13.2. The number of aliphatic hydroxyl groups is 1. The maximum absolute atomic E-state index is 13.6. The summed E-state index contributed by atoms with van der Waals surface area (Å²) >= 11 is 0. The van der Waals surface area contributed by atoms with Gasteiger partial charge in [0.1, 0.15) is 42.3 Å². The van der Waals surface area contributed by atoms with Crippen molar-refractivity contribution in [1.29, 1.82) is 0 Å². The number of hydrogen-bond donors (Lipinski definition) is 12. The lowest BCUT2D eigenvalue weighted by Crippen LogP contribution is -2.61. The Balaban J connectivity index is 3.19. The molecule has 1 aromatic carbocycles. The van der Waals surface area contributed by atoms with Crippen molar-refractivity contribution in [3.63, 3.8) is 0 Å². The van der Waals surface area contributed by atoms with Gasteiger partial charge in [0.05, 0.1) is 18.9 Å². The zero-order chi connectivity index (χ0) is 45.9. The van der Waals surface area contributed by atoms with Crippen molar-refractivity contribution in [3.05, 3.63) is 35.9 Å². The summed E-state index contributed by atoms with van der Waals surface area (Å²) in [7, 11) is 0. The van der Waals surface area contributed by atoms with Crippen molar-refractivity contribution in [2.24, 2.45) is 11.7 Å². The maximum Gasteiger partial charge on any atom is 0.326 e. The zero-order valence-corrected chi connectivity index (χ0v) is 33.7. The predicted molar refractivity (Wildman–Crippen MR) is 207 cm³/mol. The topological polar surface area (TPSA) is 379 Å². The first-order chi connectivity index (χ1) is 27.9. The summed E-state index contributed by atoms with van der Waals surface area (Å²) in [5, 5.41) is 54.4. The molecule has 23 heteroatoms. The molecule has 0 radical (unpaired) electrons. The number of primary amides is 1. The minimum absolute atomic E-state index is 0.0250. The highest BCUT2D eigenvalue weighted by molar-refractivity contribution is 5.98. The van der Waals surface area contributed by atoms with Crippen molar-refractivity contribution in [3.8, 4) is 0 Å². The lowest BCUT2D eigenvalue weighted by molar-refractivity contribution is -0.144. The quantitative estimate of drug-likeness (QED) is 0.0428. The third-order valence-corrected chi connectivity index (χ3v) is 8.45. The molecule has 0 aliphatic carbocycles. The van der Waals surface area contributed by atoms with Gasteiger partial charge in [-0.15, -0.1) is 0 Å². The normalized spacial score (nSPS) is 14.8. The van der Waals surface area contributed by atoms with Crippen LogP contribution in [-0.4, -0.2) is 134 Å². The Bertz CT molecular complexity index is 1740. The van der Waals surface area contributed by atoms with Gasteiger partial charge in [0, 0.05) is 19.8 Å². The third-order valence-electron chi connectivity index (χ3n) is 8.45. The first kappa shape index (κ1) is 51.4. The van der Waals surface area contributed by atoms with Gasteiger partial charge in [-0.25, -0.2) is 4.79 Å². The standard InChI is InChI=1S/C37H54N8O15/c1-17(2)13-23(44-36(58)30(19(4)46)45-35(57)24(40-20(5)47)14-21-9-7-6-8-10-21)33(55)43-25(15-28(49)50)32(54)39-18(3)31(53)42-26(16-29(51)52)34(56)41-22(37(59)60)11-12-27(38)48/h6-10,17-19,22-26,30,46H,11-16H2,1-5H3,(H2,38,48)(H,39,54)(H,40,47)(H,41,56)(H,42,53)(H,43,55)(H,44,58)(H,45,57)(H,49,50)(H,51,52)(H,59,60)/t18-,19+,22-,23-,24-,25-,26-,30-/m0/s1. The van der Waals surface area contributed by atoms with Gasteiger partial charge in [-0.2, -0.15) is 0 Å². The molecule has 13 N–H and O–H groups in total. The third kappa shape index (κ3) is 19.2. The average molecular weight is 851 g/mol. The Labute approximate surface area is 344 Å². The second kappa shape index (κ2) is 25.0. The lowest BCUT2D eigenvalue weighted by atomic mass is 10.0. The number of rotatable bonds is 26. The molecule has 0 aliphatic rings. The van der Waals surface area contributed by atoms with Crippen LogP contribution in [0, 0.1) is 5.92 Å². The second-order valence-electron chi connectivity index (χ2n) is 14.3. The van der Waals surface area contributed by atoms with Crippen LogP contribution in [0.4, 0.5) is 0 Å². The minimum Gasteiger partial charge on any atom is -0.481 e. The summed E-state index contributed by atoms with van der Waals surface area (Å²) < 4.78 is 0. The highest BCUT2D eigenvalue weighted by atomic mass is 16.4. The second-order valence-corrected chi connectivity index (χ2v) is 14.3. The number of carbonyl (C=O) groups is 11. The fourth-order valence-electron chi connectivity index (χ4n) is 5.46. The Hall–Kier alpha value is -6.65. The van der Waals surface area contributed by atoms with Crippen molar-refractivity contribution >= 4 is 65.2 Å². The molecule has 1 aromatic rings. The Morgan fingerprint density at radius 2 is 1.05 bits per heavy atom. The Morgan fingerprint density at radius 3 is 1.52 bits per heavy atom. The van der Waals surface area contributed by atoms with Crippen LogP contribution in [-0.2, 0) is 59.2 Å². The molecule has 0 unspecified atom stereocenters. The highest BCUT2D eigenvalue weighted by Crippen LogP contribution is 2.10. The number of hydrogen-bond acceptors (Lipinski definition) is 12. The smallest absolute Gasteiger partial charge is 0.326 e. The number of amides is 8. The molecule has 23 nitrogen and oxygen atoms in total. The molecule has 0 saturated heterocycles. The van der Waals surface area contributed by atoms with Crippen LogP contribution in [0.2, 0.25) is 0 Å². The van der Waals surface area contributed by atoms with E-state index in [1.165, 1.54) is 13.8 Å². The van der Waals surface area contributed by atoms with Gasteiger partial charge in [0.15, 0.2) is 0 Å². The number of aliphatic hydroxyl groups excluding tert-OH is 1. The largest absolute Gasteiger partial charge is 0.481 e. The van der Waals surface area contributed by atoms with Gasteiger partial charge in [-0.1, -0.05) is 44.2 Å². The summed E-state index contributed by atoms with van der Waals surface area (Å²) in [6, 6.07) is -2.81. The maximum atomic E-state index is 13.6. The van der Waals surface area contributed by atoms with Crippen LogP contribution < -0.4 is 43.0 Å². The molecule has 8 amide bonds. The number of nitrogens with two attached hydrogens (primary N) is 1. The first-order valence-electron chi connectivity index (χ1n) is 18.7. The fourth-order valence-corrected chi connectivity index (χ4v) is 5.46. The van der Waals surface area contributed by atoms with Crippen LogP contribution in [0.1, 0.15) is 72.3 Å². The molecule has 332 valence electrons. The monoisotopic (exact) mass is 850 g/mol. The molecule has 0 bridgehead atoms. The van der Waals surface area contributed by atoms with Crippen molar-refractivity contribution in [2.75, 3.05) is 0 Å². The van der Waals surface area contributed by atoms with E-state index in [9.17, 15) is 73.2 Å². The number of aliphatic carboxylic acids is 3. The number of carboxylic acid groups (broad SMARTS) is 3. The average Bonchev–Trinajstić information content (AvgIpc) is 3.13. The number of benzene rings is 1. The SMILES string of the molecule is CC(=O)N[C@@H](Cc1ccccc1)C(=O)N[C@H](C(=O)N[C@@H](CC(C)C)C(=O)N[C@@H](CC(=O)O)C(=O)N[C@@H](C)C(=O)N[C@@H](CC(=O)O)C(=O)N[C@@H](CCC(N)=O)C(=O)O)[C@@H](C)O. The molecule has 0 aromatic heterocycles. The molecule has 0 saturated carbocycles. The molecular formula is C37H54N8O15. The minimum atomic E-state index is -1.89.